The maximum absolute atomic E-state index is 11.0. The zero-order valence-electron chi connectivity index (χ0n) is 8.97. The number of hydrogen-bond acceptors (Lipinski definition) is 2. The van der Waals surface area contributed by atoms with E-state index in [1.54, 1.807) is 24.5 Å². The van der Waals surface area contributed by atoms with Gasteiger partial charge in [-0.15, -0.1) is 0 Å². The van der Waals surface area contributed by atoms with Gasteiger partial charge >= 0.3 is 0 Å². The van der Waals surface area contributed by atoms with E-state index in [1.807, 2.05) is 22.8 Å². The van der Waals surface area contributed by atoms with Gasteiger partial charge in [-0.1, -0.05) is 24.3 Å². The lowest BCUT2D eigenvalue weighted by Crippen LogP contribution is -2.08. The average Bonchev–Trinajstić information content (AvgIpc) is 2.33. The van der Waals surface area contributed by atoms with Crippen molar-refractivity contribution < 1.29 is 0 Å². The first-order chi connectivity index (χ1) is 7.79. The van der Waals surface area contributed by atoms with Gasteiger partial charge in [-0.25, -0.2) is 0 Å². The summed E-state index contributed by atoms with van der Waals surface area (Å²) in [4.78, 5) is 11.0. The van der Waals surface area contributed by atoms with Crippen molar-refractivity contribution in [3.63, 3.8) is 0 Å². The highest BCUT2D eigenvalue weighted by Gasteiger charge is 1.99. The normalized spacial score (nSPS) is 10.3. The zero-order valence-corrected chi connectivity index (χ0v) is 8.97. The number of pyridine rings is 1. The van der Waals surface area contributed by atoms with E-state index in [4.69, 9.17) is 5.73 Å². The van der Waals surface area contributed by atoms with Crippen LogP contribution in [-0.4, -0.2) is 4.57 Å². The van der Waals surface area contributed by atoms with Crippen LogP contribution >= 0.6 is 0 Å². The highest BCUT2D eigenvalue weighted by molar-refractivity contribution is 5.27. The van der Waals surface area contributed by atoms with Crippen LogP contribution in [0.4, 0.5) is 0 Å². The van der Waals surface area contributed by atoms with Gasteiger partial charge < -0.3 is 10.3 Å². The first-order valence-electron chi connectivity index (χ1n) is 5.22. The van der Waals surface area contributed by atoms with Crippen molar-refractivity contribution in [1.82, 2.24) is 4.57 Å². The molecule has 0 fully saturated rings. The van der Waals surface area contributed by atoms with Gasteiger partial charge in [-0.2, -0.15) is 0 Å². The Kier molecular flexibility index (Phi) is 3.17. The predicted molar refractivity (Wildman–Crippen MR) is 64.1 cm³/mol. The monoisotopic (exact) mass is 214 g/mol. The molecule has 2 aromatic rings. The molecule has 1 aromatic carbocycles. The highest BCUT2D eigenvalue weighted by Crippen LogP contribution is 2.09. The lowest BCUT2D eigenvalue weighted by Gasteiger charge is -2.09. The molecule has 0 saturated carbocycles. The average molecular weight is 214 g/mol. The van der Waals surface area contributed by atoms with Gasteiger partial charge in [0.05, 0.1) is 0 Å². The number of nitrogens with two attached hydrogens (primary N) is 1. The summed E-state index contributed by atoms with van der Waals surface area (Å²) in [6, 6.07) is 11.2. The van der Waals surface area contributed by atoms with Crippen molar-refractivity contribution in [2.45, 2.75) is 13.1 Å². The standard InChI is InChI=1S/C13H14N2O/c14-9-11-3-1-2-4-12(11)10-15-7-5-13(16)6-8-15/h1-8H,9-10,14H2. The topological polar surface area (TPSA) is 48.0 Å². The molecule has 3 heteroatoms. The zero-order chi connectivity index (χ0) is 11.4. The Bertz CT molecular complexity index is 511. The van der Waals surface area contributed by atoms with Crippen molar-refractivity contribution in [3.05, 3.63) is 70.1 Å². The Balaban J connectivity index is 2.26. The number of rotatable bonds is 3. The summed E-state index contributed by atoms with van der Waals surface area (Å²) in [5.41, 5.74) is 8.03. The van der Waals surface area contributed by atoms with E-state index in [9.17, 15) is 4.79 Å². The van der Waals surface area contributed by atoms with E-state index in [0.717, 1.165) is 12.1 Å². The molecule has 1 heterocycles. The van der Waals surface area contributed by atoms with Crippen LogP contribution in [0.1, 0.15) is 11.1 Å². The molecule has 0 unspecified atom stereocenters. The van der Waals surface area contributed by atoms with Crippen molar-refractivity contribution in [2.24, 2.45) is 5.73 Å². The third kappa shape index (κ3) is 2.38. The molecule has 0 bridgehead atoms. The van der Waals surface area contributed by atoms with Crippen LogP contribution in [0.25, 0.3) is 0 Å². The minimum absolute atomic E-state index is 0.0309. The Hall–Kier alpha value is -1.87. The van der Waals surface area contributed by atoms with E-state index in [-0.39, 0.29) is 5.43 Å². The van der Waals surface area contributed by atoms with Gasteiger partial charge in [0.25, 0.3) is 0 Å². The Morgan fingerprint density at radius 3 is 2.25 bits per heavy atom. The molecule has 3 nitrogen and oxygen atoms in total. The van der Waals surface area contributed by atoms with Crippen LogP contribution in [-0.2, 0) is 13.1 Å². The highest BCUT2D eigenvalue weighted by atomic mass is 16.1. The van der Waals surface area contributed by atoms with Crippen LogP contribution in [0.2, 0.25) is 0 Å². The van der Waals surface area contributed by atoms with Crippen molar-refractivity contribution in [1.29, 1.82) is 0 Å². The summed E-state index contributed by atoms with van der Waals surface area (Å²) < 4.78 is 1.97. The quantitative estimate of drug-likeness (QED) is 0.838. The Morgan fingerprint density at radius 1 is 1.00 bits per heavy atom. The molecule has 2 N–H and O–H groups in total. The van der Waals surface area contributed by atoms with Crippen LogP contribution in [0.15, 0.2) is 53.6 Å². The summed E-state index contributed by atoms with van der Waals surface area (Å²) in [6.45, 7) is 1.28. The summed E-state index contributed by atoms with van der Waals surface area (Å²) in [5, 5.41) is 0. The summed E-state index contributed by atoms with van der Waals surface area (Å²) in [5.74, 6) is 0. The van der Waals surface area contributed by atoms with Crippen LogP contribution in [0, 0.1) is 0 Å². The lowest BCUT2D eigenvalue weighted by atomic mass is 10.1. The molecule has 16 heavy (non-hydrogen) atoms. The molecular formula is C13H14N2O. The smallest absolute Gasteiger partial charge is 0.181 e. The molecular weight excluding hydrogens is 200 g/mol. The Morgan fingerprint density at radius 2 is 1.62 bits per heavy atom. The van der Waals surface area contributed by atoms with Crippen molar-refractivity contribution >= 4 is 0 Å². The maximum Gasteiger partial charge on any atom is 0.181 e. The molecule has 0 aliphatic rings. The summed E-state index contributed by atoms with van der Waals surface area (Å²) in [6.07, 6.45) is 3.57. The lowest BCUT2D eigenvalue weighted by molar-refractivity contribution is 0.777. The summed E-state index contributed by atoms with van der Waals surface area (Å²) in [7, 11) is 0. The molecule has 0 spiro atoms. The van der Waals surface area contributed by atoms with Crippen molar-refractivity contribution in [3.8, 4) is 0 Å². The number of benzene rings is 1. The second-order valence-electron chi connectivity index (χ2n) is 3.68. The van der Waals surface area contributed by atoms with Crippen molar-refractivity contribution in [2.75, 3.05) is 0 Å². The van der Waals surface area contributed by atoms with Gasteiger partial charge in [-0.3, -0.25) is 4.79 Å². The first kappa shape index (κ1) is 10.6. The second-order valence-corrected chi connectivity index (χ2v) is 3.68. The number of aromatic nitrogens is 1. The Labute approximate surface area is 94.1 Å². The first-order valence-corrected chi connectivity index (χ1v) is 5.22. The molecule has 0 atom stereocenters. The molecule has 0 saturated heterocycles. The fourth-order valence-electron chi connectivity index (χ4n) is 1.66. The molecule has 82 valence electrons. The minimum atomic E-state index is 0.0309. The van der Waals surface area contributed by atoms with Crippen LogP contribution < -0.4 is 11.2 Å². The molecule has 0 aliphatic carbocycles. The second kappa shape index (κ2) is 4.77. The van der Waals surface area contributed by atoms with E-state index in [2.05, 4.69) is 6.07 Å². The van der Waals surface area contributed by atoms with E-state index < -0.39 is 0 Å². The van der Waals surface area contributed by atoms with Gasteiger partial charge in [0.2, 0.25) is 0 Å². The third-order valence-corrected chi connectivity index (χ3v) is 2.55. The fraction of sp³-hybridized carbons (Fsp3) is 0.154. The SMILES string of the molecule is NCc1ccccc1Cn1ccc(=O)cc1. The van der Waals surface area contributed by atoms with Gasteiger partial charge in [0.15, 0.2) is 5.43 Å². The number of hydrogen-bond donors (Lipinski definition) is 1. The molecule has 2 rings (SSSR count). The molecule has 0 aliphatic heterocycles. The van der Waals surface area contributed by atoms with E-state index in [1.165, 1.54) is 5.56 Å². The van der Waals surface area contributed by atoms with Gasteiger partial charge in [0, 0.05) is 37.6 Å². The summed E-state index contributed by atoms with van der Waals surface area (Å²) >= 11 is 0. The minimum Gasteiger partial charge on any atom is -0.350 e. The van der Waals surface area contributed by atoms with Crippen LogP contribution in [0.3, 0.4) is 0 Å². The van der Waals surface area contributed by atoms with Crippen LogP contribution in [0.5, 0.6) is 0 Å². The van der Waals surface area contributed by atoms with E-state index in [0.29, 0.717) is 6.54 Å². The fourth-order valence-corrected chi connectivity index (χ4v) is 1.66. The predicted octanol–water partition coefficient (Wildman–Crippen LogP) is 1.36. The molecule has 0 amide bonds. The molecule has 1 aromatic heterocycles. The third-order valence-electron chi connectivity index (χ3n) is 2.55. The van der Waals surface area contributed by atoms with Gasteiger partial charge in [-0.05, 0) is 11.1 Å². The van der Waals surface area contributed by atoms with Gasteiger partial charge in [0.1, 0.15) is 0 Å². The largest absolute Gasteiger partial charge is 0.350 e. The molecule has 0 radical (unpaired) electrons. The maximum atomic E-state index is 11.0. The van der Waals surface area contributed by atoms with E-state index >= 15 is 0 Å². The number of nitrogens with zero attached hydrogens (tertiary/aromatic N) is 1.